The number of nitrogens with zero attached hydrogens (tertiary/aromatic N) is 1. The maximum Gasteiger partial charge on any atom is 0.338 e. The van der Waals surface area contributed by atoms with E-state index in [0.717, 1.165) is 38.1 Å². The van der Waals surface area contributed by atoms with Gasteiger partial charge < -0.3 is 14.7 Å². The van der Waals surface area contributed by atoms with Crippen LogP contribution in [0.1, 0.15) is 49.9 Å². The van der Waals surface area contributed by atoms with E-state index in [1.165, 1.54) is 18.2 Å². The number of carboxylic acid groups (broad SMARTS) is 1. The molecule has 32 heavy (non-hydrogen) atoms. The number of halogens is 3. The SMILES string of the molecule is CCC(F)(CC)CN1CCC(COc2ccc(-c3ccc(C(=O)O)c(F)c3)cc2F)CC1. The highest BCUT2D eigenvalue weighted by atomic mass is 19.1. The average Bonchev–Trinajstić information content (AvgIpc) is 2.78. The summed E-state index contributed by atoms with van der Waals surface area (Å²) in [5, 5.41) is 8.93. The first-order valence-electron chi connectivity index (χ1n) is 11.1. The Morgan fingerprint density at radius 1 is 1.06 bits per heavy atom. The highest BCUT2D eigenvalue weighted by Crippen LogP contribution is 2.29. The van der Waals surface area contributed by atoms with Gasteiger partial charge in [-0.25, -0.2) is 18.0 Å². The second kappa shape index (κ2) is 10.4. The van der Waals surface area contributed by atoms with Crippen molar-refractivity contribution in [1.29, 1.82) is 0 Å². The minimum Gasteiger partial charge on any atom is -0.490 e. The number of rotatable bonds is 9. The summed E-state index contributed by atoms with van der Waals surface area (Å²) in [6.45, 7) is 6.21. The van der Waals surface area contributed by atoms with E-state index in [4.69, 9.17) is 9.84 Å². The minimum absolute atomic E-state index is 0.124. The van der Waals surface area contributed by atoms with E-state index in [1.807, 2.05) is 13.8 Å². The van der Waals surface area contributed by atoms with Crippen LogP contribution in [0, 0.1) is 17.6 Å². The zero-order valence-corrected chi connectivity index (χ0v) is 18.5. The lowest BCUT2D eigenvalue weighted by Crippen LogP contribution is -2.44. The Labute approximate surface area is 187 Å². The summed E-state index contributed by atoms with van der Waals surface area (Å²) in [5.74, 6) is -2.38. The van der Waals surface area contributed by atoms with Crippen LogP contribution in [0.15, 0.2) is 36.4 Å². The molecule has 174 valence electrons. The number of benzene rings is 2. The molecule has 0 radical (unpaired) electrons. The monoisotopic (exact) mass is 449 g/mol. The third-order valence-electron chi connectivity index (χ3n) is 6.42. The fourth-order valence-electron chi connectivity index (χ4n) is 4.06. The van der Waals surface area contributed by atoms with Crippen molar-refractivity contribution in [2.24, 2.45) is 5.92 Å². The second-order valence-corrected chi connectivity index (χ2v) is 8.53. The Morgan fingerprint density at radius 3 is 2.19 bits per heavy atom. The largest absolute Gasteiger partial charge is 0.490 e. The van der Waals surface area contributed by atoms with E-state index in [-0.39, 0.29) is 11.7 Å². The van der Waals surface area contributed by atoms with Crippen molar-refractivity contribution in [3.8, 4) is 16.9 Å². The lowest BCUT2D eigenvalue weighted by Gasteiger charge is -2.36. The van der Waals surface area contributed by atoms with Gasteiger partial charge in [0.2, 0.25) is 0 Å². The van der Waals surface area contributed by atoms with Crippen molar-refractivity contribution in [2.75, 3.05) is 26.2 Å². The van der Waals surface area contributed by atoms with Gasteiger partial charge in [-0.1, -0.05) is 26.0 Å². The smallest absolute Gasteiger partial charge is 0.338 e. The number of ether oxygens (including phenoxy) is 1. The molecule has 1 heterocycles. The predicted molar refractivity (Wildman–Crippen MR) is 118 cm³/mol. The van der Waals surface area contributed by atoms with Gasteiger partial charge in [-0.05, 0) is 80.1 Å². The summed E-state index contributed by atoms with van der Waals surface area (Å²) >= 11 is 0. The van der Waals surface area contributed by atoms with Crippen molar-refractivity contribution in [3.63, 3.8) is 0 Å². The molecule has 0 aliphatic carbocycles. The van der Waals surface area contributed by atoms with Crippen LogP contribution >= 0.6 is 0 Å². The van der Waals surface area contributed by atoms with Crippen LogP contribution in [0.5, 0.6) is 5.75 Å². The Hall–Kier alpha value is -2.54. The first-order valence-corrected chi connectivity index (χ1v) is 11.1. The van der Waals surface area contributed by atoms with Gasteiger partial charge >= 0.3 is 5.97 Å². The molecular weight excluding hydrogens is 419 g/mol. The number of carbonyl (C=O) groups is 1. The number of piperidine rings is 1. The molecule has 0 atom stereocenters. The summed E-state index contributed by atoms with van der Waals surface area (Å²) in [5.41, 5.74) is -0.749. The van der Waals surface area contributed by atoms with Crippen LogP contribution in [0.4, 0.5) is 13.2 Å². The molecule has 7 heteroatoms. The van der Waals surface area contributed by atoms with Crippen molar-refractivity contribution in [2.45, 2.75) is 45.2 Å². The molecule has 1 aliphatic heterocycles. The van der Waals surface area contributed by atoms with Crippen molar-refractivity contribution in [1.82, 2.24) is 4.90 Å². The van der Waals surface area contributed by atoms with Gasteiger partial charge in [-0.2, -0.15) is 0 Å². The van der Waals surface area contributed by atoms with Crippen LogP contribution < -0.4 is 4.74 Å². The summed E-state index contributed by atoms with van der Waals surface area (Å²) in [6.07, 6.45) is 2.77. The maximum absolute atomic E-state index is 14.6. The topological polar surface area (TPSA) is 49.8 Å². The van der Waals surface area contributed by atoms with Gasteiger partial charge in [0.1, 0.15) is 11.5 Å². The molecule has 4 nitrogen and oxygen atoms in total. The molecule has 2 aromatic carbocycles. The molecule has 3 rings (SSSR count). The molecule has 0 unspecified atom stereocenters. The number of alkyl halides is 1. The third kappa shape index (κ3) is 5.82. The lowest BCUT2D eigenvalue weighted by molar-refractivity contribution is 0.0565. The van der Waals surface area contributed by atoms with Gasteiger partial charge in [0, 0.05) is 6.54 Å². The van der Waals surface area contributed by atoms with Crippen LogP contribution in [-0.4, -0.2) is 47.9 Å². The van der Waals surface area contributed by atoms with Crippen molar-refractivity contribution < 1.29 is 27.8 Å². The maximum atomic E-state index is 14.6. The molecule has 1 N–H and O–H groups in total. The molecule has 0 spiro atoms. The Kier molecular flexibility index (Phi) is 7.82. The normalized spacial score (nSPS) is 15.7. The number of likely N-dealkylation sites (tertiary alicyclic amines) is 1. The molecule has 0 saturated carbocycles. The standard InChI is InChI=1S/C25H30F3NO3/c1-3-25(28,4-2)16-29-11-9-17(10-12-29)15-32-23-8-6-19(14-22(23)27)18-5-7-20(24(30)31)21(26)13-18/h5-8,13-14,17H,3-4,9-12,15-16H2,1-2H3,(H,30,31). The van der Waals surface area contributed by atoms with E-state index >= 15 is 0 Å². The summed E-state index contributed by atoms with van der Waals surface area (Å²) < 4.78 is 48.8. The number of carboxylic acids is 1. The van der Waals surface area contributed by atoms with Gasteiger partial charge in [0.05, 0.1) is 12.2 Å². The Morgan fingerprint density at radius 2 is 1.66 bits per heavy atom. The number of hydrogen-bond donors (Lipinski definition) is 1. The van der Waals surface area contributed by atoms with Crippen LogP contribution in [0.25, 0.3) is 11.1 Å². The van der Waals surface area contributed by atoms with E-state index in [1.54, 1.807) is 6.07 Å². The molecule has 1 fully saturated rings. The molecule has 0 amide bonds. The number of aromatic carboxylic acids is 1. The molecule has 2 aromatic rings. The molecule has 1 aliphatic rings. The highest BCUT2D eigenvalue weighted by Gasteiger charge is 2.30. The minimum atomic E-state index is -1.35. The summed E-state index contributed by atoms with van der Waals surface area (Å²) in [4.78, 5) is 13.1. The van der Waals surface area contributed by atoms with Gasteiger partial charge in [-0.15, -0.1) is 0 Å². The second-order valence-electron chi connectivity index (χ2n) is 8.53. The first-order chi connectivity index (χ1) is 15.2. The lowest BCUT2D eigenvalue weighted by atomic mass is 9.94. The summed E-state index contributed by atoms with van der Waals surface area (Å²) in [6, 6.07) is 8.06. The van der Waals surface area contributed by atoms with E-state index in [2.05, 4.69) is 4.90 Å². The van der Waals surface area contributed by atoms with E-state index in [0.29, 0.717) is 37.1 Å². The molecular formula is C25H30F3NO3. The van der Waals surface area contributed by atoms with Crippen LogP contribution in [0.3, 0.4) is 0 Å². The summed E-state index contributed by atoms with van der Waals surface area (Å²) in [7, 11) is 0. The average molecular weight is 450 g/mol. The first kappa shape index (κ1) is 24.1. The van der Waals surface area contributed by atoms with Gasteiger partial charge in [0.15, 0.2) is 11.6 Å². The van der Waals surface area contributed by atoms with E-state index in [9.17, 15) is 18.0 Å². The fourth-order valence-corrected chi connectivity index (χ4v) is 4.06. The predicted octanol–water partition coefficient (Wildman–Crippen LogP) is 5.95. The van der Waals surface area contributed by atoms with Gasteiger partial charge in [-0.3, -0.25) is 0 Å². The quantitative estimate of drug-likeness (QED) is 0.514. The molecule has 1 saturated heterocycles. The van der Waals surface area contributed by atoms with Crippen LogP contribution in [-0.2, 0) is 0 Å². The van der Waals surface area contributed by atoms with Crippen LogP contribution in [0.2, 0.25) is 0 Å². The Bertz CT molecular complexity index is 938. The Balaban J connectivity index is 1.55. The zero-order valence-electron chi connectivity index (χ0n) is 18.5. The molecule has 0 aromatic heterocycles. The van der Waals surface area contributed by atoms with E-state index < -0.39 is 28.8 Å². The number of hydrogen-bond acceptors (Lipinski definition) is 3. The third-order valence-corrected chi connectivity index (χ3v) is 6.42. The van der Waals surface area contributed by atoms with Crippen molar-refractivity contribution in [3.05, 3.63) is 53.6 Å². The van der Waals surface area contributed by atoms with Crippen molar-refractivity contribution >= 4 is 5.97 Å². The van der Waals surface area contributed by atoms with Gasteiger partial charge in [0.25, 0.3) is 0 Å². The highest BCUT2D eigenvalue weighted by molar-refractivity contribution is 5.88. The molecule has 0 bridgehead atoms. The zero-order chi connectivity index (χ0) is 23.3. The fraction of sp³-hybridized carbons (Fsp3) is 0.480.